The van der Waals surface area contributed by atoms with Gasteiger partial charge in [0, 0.05) is 5.56 Å². The zero-order valence-corrected chi connectivity index (χ0v) is 11.9. The van der Waals surface area contributed by atoms with E-state index >= 15 is 0 Å². The van der Waals surface area contributed by atoms with Crippen LogP contribution in [0.1, 0.15) is 13.3 Å². The van der Waals surface area contributed by atoms with E-state index in [1.165, 1.54) is 0 Å². The van der Waals surface area contributed by atoms with Crippen LogP contribution in [0, 0.1) is 0 Å². The zero-order valence-electron chi connectivity index (χ0n) is 10.3. The summed E-state index contributed by atoms with van der Waals surface area (Å²) in [4.78, 5) is 18.0. The van der Waals surface area contributed by atoms with Crippen molar-refractivity contribution in [3.05, 3.63) is 39.1 Å². The summed E-state index contributed by atoms with van der Waals surface area (Å²) in [5.74, 6) is 0.743. The molecular formula is C13H13BrN2O3. The van der Waals surface area contributed by atoms with Crippen LogP contribution in [0.25, 0.3) is 11.4 Å². The molecule has 0 bridgehead atoms. The molecule has 0 aliphatic rings. The fourth-order valence-electron chi connectivity index (χ4n) is 1.51. The highest BCUT2D eigenvalue weighted by Crippen LogP contribution is 2.22. The maximum absolute atomic E-state index is 11.5. The van der Waals surface area contributed by atoms with Gasteiger partial charge in [-0.3, -0.25) is 4.79 Å². The minimum atomic E-state index is -0.422. The monoisotopic (exact) mass is 324 g/mol. The quantitative estimate of drug-likeness (QED) is 0.906. The normalized spacial score (nSPS) is 10.4. The fraction of sp³-hybridized carbons (Fsp3) is 0.231. The molecule has 1 aromatic carbocycles. The number of aromatic hydroxyl groups is 1. The number of benzene rings is 1. The molecule has 0 radical (unpaired) electrons. The first-order valence-corrected chi connectivity index (χ1v) is 6.63. The average molecular weight is 325 g/mol. The van der Waals surface area contributed by atoms with Crippen molar-refractivity contribution >= 4 is 15.9 Å². The first kappa shape index (κ1) is 13.6. The Morgan fingerprint density at radius 1 is 1.37 bits per heavy atom. The van der Waals surface area contributed by atoms with Crippen molar-refractivity contribution in [1.82, 2.24) is 9.97 Å². The molecule has 0 unspecified atom stereocenters. The van der Waals surface area contributed by atoms with Crippen molar-refractivity contribution in [3.8, 4) is 23.0 Å². The number of aromatic nitrogens is 2. The van der Waals surface area contributed by atoms with Crippen molar-refractivity contribution < 1.29 is 9.84 Å². The molecule has 5 nitrogen and oxygen atoms in total. The number of ether oxygens (including phenoxy) is 1. The minimum absolute atomic E-state index is 0.0270. The summed E-state index contributed by atoms with van der Waals surface area (Å²) in [6.45, 7) is 2.70. The largest absolute Gasteiger partial charge is 0.494 e. The molecule has 2 rings (SSSR count). The van der Waals surface area contributed by atoms with E-state index in [1.807, 2.05) is 6.92 Å². The number of nitrogens with one attached hydrogen (secondary N) is 1. The van der Waals surface area contributed by atoms with Crippen molar-refractivity contribution in [1.29, 1.82) is 0 Å². The summed E-state index contributed by atoms with van der Waals surface area (Å²) in [5, 5.41) is 9.51. The van der Waals surface area contributed by atoms with E-state index in [1.54, 1.807) is 24.3 Å². The molecule has 2 N–H and O–H groups in total. The van der Waals surface area contributed by atoms with E-state index in [0.717, 1.165) is 12.2 Å². The summed E-state index contributed by atoms with van der Waals surface area (Å²) < 4.78 is 5.49. The summed E-state index contributed by atoms with van der Waals surface area (Å²) in [6.07, 6.45) is 0.942. The molecule has 0 saturated carbocycles. The van der Waals surface area contributed by atoms with Crippen molar-refractivity contribution in [2.45, 2.75) is 13.3 Å². The molecule has 0 aliphatic heterocycles. The fourth-order valence-corrected chi connectivity index (χ4v) is 1.70. The van der Waals surface area contributed by atoms with Crippen LogP contribution in [-0.4, -0.2) is 21.7 Å². The molecular weight excluding hydrogens is 312 g/mol. The van der Waals surface area contributed by atoms with Gasteiger partial charge < -0.3 is 14.8 Å². The maximum Gasteiger partial charge on any atom is 0.269 e. The molecule has 1 aromatic heterocycles. The van der Waals surface area contributed by atoms with E-state index in [4.69, 9.17) is 4.74 Å². The van der Waals surface area contributed by atoms with E-state index < -0.39 is 5.56 Å². The van der Waals surface area contributed by atoms with E-state index in [9.17, 15) is 9.90 Å². The Hall–Kier alpha value is -1.82. The van der Waals surface area contributed by atoms with Crippen molar-refractivity contribution in [2.75, 3.05) is 6.61 Å². The molecule has 0 saturated heterocycles. The molecule has 100 valence electrons. The second-order valence-corrected chi connectivity index (χ2v) is 4.72. The molecule has 0 aliphatic carbocycles. The Bertz CT molecular complexity index is 623. The second-order valence-electron chi connectivity index (χ2n) is 3.92. The lowest BCUT2D eigenvalue weighted by Crippen LogP contribution is -2.09. The lowest BCUT2D eigenvalue weighted by molar-refractivity contribution is 0.317. The third kappa shape index (κ3) is 3.14. The first-order chi connectivity index (χ1) is 9.11. The topological polar surface area (TPSA) is 75.2 Å². The molecule has 0 fully saturated rings. The van der Waals surface area contributed by atoms with E-state index in [2.05, 4.69) is 25.9 Å². The third-order valence-electron chi connectivity index (χ3n) is 2.45. The number of aromatic amines is 1. The first-order valence-electron chi connectivity index (χ1n) is 5.84. The molecule has 0 atom stereocenters. The average Bonchev–Trinajstić information content (AvgIpc) is 2.42. The molecule has 1 heterocycles. The molecule has 19 heavy (non-hydrogen) atoms. The van der Waals surface area contributed by atoms with Gasteiger partial charge in [0.15, 0.2) is 0 Å². The van der Waals surface area contributed by atoms with Crippen LogP contribution in [0.5, 0.6) is 11.6 Å². The molecule has 0 spiro atoms. The minimum Gasteiger partial charge on any atom is -0.494 e. The summed E-state index contributed by atoms with van der Waals surface area (Å²) in [6, 6.07) is 7.14. The van der Waals surface area contributed by atoms with Gasteiger partial charge in [-0.1, -0.05) is 6.92 Å². The van der Waals surface area contributed by atoms with Crippen molar-refractivity contribution in [3.63, 3.8) is 0 Å². The number of hydrogen-bond donors (Lipinski definition) is 2. The highest BCUT2D eigenvalue weighted by atomic mass is 79.9. The Morgan fingerprint density at radius 3 is 2.63 bits per heavy atom. The lowest BCUT2D eigenvalue weighted by atomic mass is 10.2. The Labute approximate surface area is 118 Å². The van der Waals surface area contributed by atoms with Gasteiger partial charge in [0.25, 0.3) is 5.56 Å². The zero-order chi connectivity index (χ0) is 13.8. The maximum atomic E-state index is 11.5. The SMILES string of the molecule is CCCOc1ccc(-c2nc(O)c(Br)c(=O)[nH]2)cc1. The number of hydrogen-bond acceptors (Lipinski definition) is 4. The third-order valence-corrected chi connectivity index (χ3v) is 3.16. The Kier molecular flexibility index (Phi) is 4.21. The molecule has 6 heteroatoms. The number of H-pyrrole nitrogens is 1. The van der Waals surface area contributed by atoms with Crippen LogP contribution in [0.15, 0.2) is 33.5 Å². The molecule has 2 aromatic rings. The standard InChI is InChI=1S/C13H13BrN2O3/c1-2-7-19-9-5-3-8(4-6-9)11-15-12(17)10(14)13(18)16-11/h3-6H,2,7H2,1H3,(H2,15,16,17,18). The van der Waals surface area contributed by atoms with E-state index in [-0.39, 0.29) is 10.4 Å². The van der Waals surface area contributed by atoms with Gasteiger partial charge in [-0.2, -0.15) is 4.98 Å². The van der Waals surface area contributed by atoms with Gasteiger partial charge in [0.2, 0.25) is 5.88 Å². The Morgan fingerprint density at radius 2 is 2.05 bits per heavy atom. The molecule has 0 amide bonds. The number of halogens is 1. The Balaban J connectivity index is 2.30. The van der Waals surface area contributed by atoms with E-state index in [0.29, 0.717) is 18.0 Å². The summed E-state index contributed by atoms with van der Waals surface area (Å²) in [7, 11) is 0. The van der Waals surface area contributed by atoms with Gasteiger partial charge in [-0.25, -0.2) is 0 Å². The van der Waals surface area contributed by atoms with Crippen LogP contribution in [0.2, 0.25) is 0 Å². The number of nitrogens with zero attached hydrogens (tertiary/aromatic N) is 1. The lowest BCUT2D eigenvalue weighted by Gasteiger charge is -2.06. The van der Waals surface area contributed by atoms with Crippen LogP contribution in [0.4, 0.5) is 0 Å². The van der Waals surface area contributed by atoms with Crippen LogP contribution in [-0.2, 0) is 0 Å². The number of rotatable bonds is 4. The van der Waals surface area contributed by atoms with Gasteiger partial charge >= 0.3 is 0 Å². The van der Waals surface area contributed by atoms with Gasteiger partial charge in [-0.15, -0.1) is 0 Å². The van der Waals surface area contributed by atoms with Gasteiger partial charge in [0.05, 0.1) is 6.61 Å². The van der Waals surface area contributed by atoms with Crippen LogP contribution in [0.3, 0.4) is 0 Å². The summed E-state index contributed by atoms with van der Waals surface area (Å²) in [5.41, 5.74) is 0.276. The van der Waals surface area contributed by atoms with Gasteiger partial charge in [-0.05, 0) is 46.6 Å². The van der Waals surface area contributed by atoms with Crippen LogP contribution >= 0.6 is 15.9 Å². The summed E-state index contributed by atoms with van der Waals surface area (Å²) >= 11 is 2.95. The van der Waals surface area contributed by atoms with Gasteiger partial charge in [0.1, 0.15) is 16.0 Å². The second kappa shape index (κ2) is 5.88. The smallest absolute Gasteiger partial charge is 0.269 e. The highest BCUT2D eigenvalue weighted by molar-refractivity contribution is 9.10. The highest BCUT2D eigenvalue weighted by Gasteiger charge is 2.09. The predicted octanol–water partition coefficient (Wildman–Crippen LogP) is 2.69. The van der Waals surface area contributed by atoms with Crippen molar-refractivity contribution in [2.24, 2.45) is 0 Å². The van der Waals surface area contributed by atoms with Crippen LogP contribution < -0.4 is 10.3 Å². The predicted molar refractivity (Wildman–Crippen MR) is 75.4 cm³/mol.